The molecule has 0 aliphatic rings. The lowest BCUT2D eigenvalue weighted by Crippen LogP contribution is -2.50. The standard InChI is InChI=1S/C31H39N3O4S/c1-23-17-18-25(3)28(20-23)34(39(5,37)38)19-11-16-30(35)33(22-27-15-10-9-12-24(27)2)29(31(36)32-4)21-26-13-7-6-8-14-26/h6-10,12-15,17-18,20,29H,11,16,19,21-22H2,1-5H3,(H,32,36)/t29-/m1/s1. The Balaban J connectivity index is 1.87. The predicted molar refractivity (Wildman–Crippen MR) is 157 cm³/mol. The molecule has 2 amide bonds. The summed E-state index contributed by atoms with van der Waals surface area (Å²) in [5.74, 6) is -0.439. The first-order valence-corrected chi connectivity index (χ1v) is 15.0. The molecule has 208 valence electrons. The molecule has 0 bridgehead atoms. The van der Waals surface area contributed by atoms with Crippen molar-refractivity contribution >= 4 is 27.5 Å². The summed E-state index contributed by atoms with van der Waals surface area (Å²) < 4.78 is 26.8. The van der Waals surface area contributed by atoms with E-state index in [0.29, 0.717) is 18.5 Å². The van der Waals surface area contributed by atoms with Gasteiger partial charge in [0.1, 0.15) is 6.04 Å². The highest BCUT2D eigenvalue weighted by molar-refractivity contribution is 7.92. The van der Waals surface area contributed by atoms with Gasteiger partial charge in [-0.15, -0.1) is 0 Å². The van der Waals surface area contributed by atoms with E-state index in [1.807, 2.05) is 93.6 Å². The summed E-state index contributed by atoms with van der Waals surface area (Å²) in [4.78, 5) is 28.5. The van der Waals surface area contributed by atoms with E-state index in [2.05, 4.69) is 5.32 Å². The second-order valence-corrected chi connectivity index (χ2v) is 11.9. The largest absolute Gasteiger partial charge is 0.357 e. The summed E-state index contributed by atoms with van der Waals surface area (Å²) >= 11 is 0. The molecular weight excluding hydrogens is 510 g/mol. The van der Waals surface area contributed by atoms with E-state index in [9.17, 15) is 18.0 Å². The van der Waals surface area contributed by atoms with Crippen molar-refractivity contribution in [3.8, 4) is 0 Å². The average Bonchev–Trinajstić information content (AvgIpc) is 2.90. The summed E-state index contributed by atoms with van der Waals surface area (Å²) in [7, 11) is -1.99. The Bertz CT molecular complexity index is 1390. The van der Waals surface area contributed by atoms with Gasteiger partial charge in [0.25, 0.3) is 0 Å². The van der Waals surface area contributed by atoms with Gasteiger partial charge >= 0.3 is 0 Å². The van der Waals surface area contributed by atoms with E-state index in [1.54, 1.807) is 11.9 Å². The Hall–Kier alpha value is -3.65. The van der Waals surface area contributed by atoms with Gasteiger partial charge in [-0.1, -0.05) is 66.7 Å². The minimum Gasteiger partial charge on any atom is -0.357 e. The Morgan fingerprint density at radius 3 is 2.21 bits per heavy atom. The van der Waals surface area contributed by atoms with Gasteiger partial charge in [0.2, 0.25) is 21.8 Å². The number of carbonyl (C=O) groups excluding carboxylic acids is 2. The molecule has 0 aliphatic heterocycles. The molecule has 0 saturated heterocycles. The predicted octanol–water partition coefficient (Wildman–Crippen LogP) is 4.54. The van der Waals surface area contributed by atoms with E-state index in [0.717, 1.165) is 27.8 Å². The molecule has 0 aliphatic carbocycles. The first-order valence-electron chi connectivity index (χ1n) is 13.2. The minimum atomic E-state index is -3.56. The lowest BCUT2D eigenvalue weighted by Gasteiger charge is -2.32. The Labute approximate surface area is 232 Å². The summed E-state index contributed by atoms with van der Waals surface area (Å²) in [6, 6.07) is 22.4. The van der Waals surface area contributed by atoms with Crippen molar-refractivity contribution in [2.45, 2.75) is 52.6 Å². The summed E-state index contributed by atoms with van der Waals surface area (Å²) in [5, 5.41) is 2.73. The fourth-order valence-electron chi connectivity index (χ4n) is 4.66. The van der Waals surface area contributed by atoms with Crippen LogP contribution in [-0.2, 0) is 32.6 Å². The van der Waals surface area contributed by atoms with Gasteiger partial charge in [0, 0.05) is 33.0 Å². The maximum atomic E-state index is 13.8. The number of sulfonamides is 1. The number of aryl methyl sites for hydroxylation is 3. The molecule has 7 nitrogen and oxygen atoms in total. The molecule has 8 heteroatoms. The van der Waals surface area contributed by atoms with Gasteiger partial charge in [0.05, 0.1) is 11.9 Å². The van der Waals surface area contributed by atoms with Crippen molar-refractivity contribution in [1.29, 1.82) is 0 Å². The summed E-state index contributed by atoms with van der Waals surface area (Å²) in [5.41, 5.74) is 5.37. The van der Waals surface area contributed by atoms with Crippen LogP contribution in [-0.4, -0.2) is 51.0 Å². The molecule has 0 heterocycles. The number of hydrogen-bond donors (Lipinski definition) is 1. The van der Waals surface area contributed by atoms with Gasteiger partial charge < -0.3 is 10.2 Å². The Morgan fingerprint density at radius 1 is 0.897 bits per heavy atom. The van der Waals surface area contributed by atoms with Crippen molar-refractivity contribution < 1.29 is 18.0 Å². The van der Waals surface area contributed by atoms with Crippen molar-refractivity contribution in [2.75, 3.05) is 24.2 Å². The van der Waals surface area contributed by atoms with Crippen molar-refractivity contribution in [1.82, 2.24) is 10.2 Å². The average molecular weight is 550 g/mol. The maximum absolute atomic E-state index is 13.8. The zero-order valence-electron chi connectivity index (χ0n) is 23.5. The van der Waals surface area contributed by atoms with Crippen LogP contribution < -0.4 is 9.62 Å². The zero-order valence-corrected chi connectivity index (χ0v) is 24.3. The molecule has 39 heavy (non-hydrogen) atoms. The summed E-state index contributed by atoms with van der Waals surface area (Å²) in [6.45, 7) is 6.22. The molecule has 0 fully saturated rings. The number of anilines is 1. The topological polar surface area (TPSA) is 86.8 Å². The van der Waals surface area contributed by atoms with E-state index in [4.69, 9.17) is 0 Å². The first kappa shape index (κ1) is 29.9. The van der Waals surface area contributed by atoms with Crippen LogP contribution in [0.2, 0.25) is 0 Å². The van der Waals surface area contributed by atoms with Crippen LogP contribution in [0.4, 0.5) is 5.69 Å². The molecule has 0 radical (unpaired) electrons. The van der Waals surface area contributed by atoms with Crippen molar-refractivity contribution in [3.63, 3.8) is 0 Å². The molecular formula is C31H39N3O4S. The number of amides is 2. The third-order valence-corrected chi connectivity index (χ3v) is 8.08. The van der Waals surface area contributed by atoms with Gasteiger partial charge in [-0.05, 0) is 61.1 Å². The highest BCUT2D eigenvalue weighted by Gasteiger charge is 2.30. The monoisotopic (exact) mass is 549 g/mol. The van der Waals surface area contributed by atoms with Gasteiger partial charge in [-0.2, -0.15) is 0 Å². The van der Waals surface area contributed by atoms with Crippen LogP contribution in [0.5, 0.6) is 0 Å². The molecule has 0 aromatic heterocycles. The molecule has 0 saturated carbocycles. The normalized spacial score (nSPS) is 12.0. The second kappa shape index (κ2) is 13.4. The molecule has 3 rings (SSSR count). The van der Waals surface area contributed by atoms with Crippen LogP contribution in [0.25, 0.3) is 0 Å². The smallest absolute Gasteiger partial charge is 0.242 e. The van der Waals surface area contributed by atoms with Crippen LogP contribution in [0.3, 0.4) is 0 Å². The number of benzene rings is 3. The third-order valence-electron chi connectivity index (χ3n) is 6.90. The van der Waals surface area contributed by atoms with Crippen LogP contribution in [0, 0.1) is 20.8 Å². The highest BCUT2D eigenvalue weighted by Crippen LogP contribution is 2.25. The second-order valence-electron chi connectivity index (χ2n) is 10.00. The van der Waals surface area contributed by atoms with Crippen LogP contribution >= 0.6 is 0 Å². The van der Waals surface area contributed by atoms with Gasteiger partial charge in [0.15, 0.2) is 0 Å². The molecule has 1 N–H and O–H groups in total. The molecule has 0 spiro atoms. The minimum absolute atomic E-state index is 0.102. The number of nitrogens with one attached hydrogen (secondary N) is 1. The van der Waals surface area contributed by atoms with Gasteiger partial charge in [-0.3, -0.25) is 13.9 Å². The number of carbonyl (C=O) groups is 2. The van der Waals surface area contributed by atoms with E-state index in [-0.39, 0.29) is 31.3 Å². The van der Waals surface area contributed by atoms with E-state index >= 15 is 0 Å². The van der Waals surface area contributed by atoms with E-state index in [1.165, 1.54) is 10.6 Å². The Kier molecular flexibility index (Phi) is 10.3. The lowest BCUT2D eigenvalue weighted by atomic mass is 10.0. The lowest BCUT2D eigenvalue weighted by molar-refractivity contribution is -0.141. The molecule has 3 aromatic rings. The maximum Gasteiger partial charge on any atom is 0.242 e. The fraction of sp³-hybridized carbons (Fsp3) is 0.355. The first-order chi connectivity index (χ1) is 18.5. The Morgan fingerprint density at radius 2 is 1.56 bits per heavy atom. The van der Waals surface area contributed by atoms with Crippen molar-refractivity contribution in [3.05, 3.63) is 101 Å². The van der Waals surface area contributed by atoms with Gasteiger partial charge in [-0.25, -0.2) is 8.42 Å². The number of rotatable bonds is 12. The SMILES string of the molecule is CNC(=O)[C@@H](Cc1ccccc1)N(Cc1ccccc1C)C(=O)CCCN(c1cc(C)ccc1C)S(C)(=O)=O. The molecule has 1 atom stereocenters. The quantitative estimate of drug-likeness (QED) is 0.359. The van der Waals surface area contributed by atoms with E-state index < -0.39 is 16.1 Å². The fourth-order valence-corrected chi connectivity index (χ4v) is 5.68. The third kappa shape index (κ3) is 8.17. The van der Waals surface area contributed by atoms with Crippen molar-refractivity contribution in [2.24, 2.45) is 0 Å². The van der Waals surface area contributed by atoms with Crippen LogP contribution in [0.1, 0.15) is 40.7 Å². The van der Waals surface area contributed by atoms with Crippen LogP contribution in [0.15, 0.2) is 72.8 Å². The zero-order chi connectivity index (χ0) is 28.6. The number of likely N-dealkylation sites (N-methyl/N-ethyl adjacent to an activating group) is 1. The molecule has 3 aromatic carbocycles. The number of nitrogens with zero attached hydrogens (tertiary/aromatic N) is 2. The summed E-state index contributed by atoms with van der Waals surface area (Å²) in [6.07, 6.45) is 1.97. The highest BCUT2D eigenvalue weighted by atomic mass is 32.2. The molecule has 0 unspecified atom stereocenters. The number of hydrogen-bond acceptors (Lipinski definition) is 4.